The Bertz CT molecular complexity index is 544. The number of ether oxygens (including phenoxy) is 2. The third-order valence-electron chi connectivity index (χ3n) is 2.59. The highest BCUT2D eigenvalue weighted by Gasteiger charge is 2.05. The van der Waals surface area contributed by atoms with Crippen molar-refractivity contribution < 1.29 is 9.47 Å². The minimum atomic E-state index is 0.411. The summed E-state index contributed by atoms with van der Waals surface area (Å²) in [7, 11) is 1.63. The molecule has 0 spiro atoms. The van der Waals surface area contributed by atoms with Crippen LogP contribution >= 0.6 is 0 Å². The molecule has 1 aromatic carbocycles. The van der Waals surface area contributed by atoms with Gasteiger partial charge in [-0.2, -0.15) is 0 Å². The van der Waals surface area contributed by atoms with Gasteiger partial charge in [0.25, 0.3) is 0 Å². The minimum Gasteiger partial charge on any atom is -0.497 e. The van der Waals surface area contributed by atoms with Gasteiger partial charge >= 0.3 is 0 Å². The minimum absolute atomic E-state index is 0.411. The molecule has 0 saturated carbocycles. The largest absolute Gasteiger partial charge is 0.497 e. The second kappa shape index (κ2) is 5.35. The molecule has 1 heterocycles. The molecule has 94 valence electrons. The molecule has 5 heteroatoms. The maximum atomic E-state index is 5.68. The Kier molecular flexibility index (Phi) is 3.62. The van der Waals surface area contributed by atoms with Crippen LogP contribution in [0.1, 0.15) is 11.1 Å². The van der Waals surface area contributed by atoms with Crippen LogP contribution in [-0.2, 0) is 6.61 Å². The number of anilines is 1. The zero-order valence-electron chi connectivity index (χ0n) is 10.4. The van der Waals surface area contributed by atoms with Gasteiger partial charge in [0.2, 0.25) is 5.88 Å². The molecule has 0 bridgehead atoms. The number of nitrogens with zero attached hydrogens (tertiary/aromatic N) is 2. The number of nitrogen functional groups attached to an aromatic ring is 1. The van der Waals surface area contributed by atoms with Gasteiger partial charge in [0, 0.05) is 0 Å². The molecule has 0 atom stereocenters. The Labute approximate surface area is 106 Å². The first-order valence-electron chi connectivity index (χ1n) is 5.53. The van der Waals surface area contributed by atoms with Crippen molar-refractivity contribution in [2.24, 2.45) is 0 Å². The lowest BCUT2D eigenvalue weighted by molar-refractivity contribution is 0.290. The molecule has 2 N–H and O–H groups in total. The first-order chi connectivity index (χ1) is 8.70. The van der Waals surface area contributed by atoms with Crippen molar-refractivity contribution in [3.63, 3.8) is 0 Å². The average molecular weight is 245 g/mol. The van der Waals surface area contributed by atoms with Crippen molar-refractivity contribution in [3.05, 3.63) is 41.7 Å². The molecule has 1 aromatic heterocycles. The average Bonchev–Trinajstić information content (AvgIpc) is 2.41. The van der Waals surface area contributed by atoms with Gasteiger partial charge in [0.1, 0.15) is 24.5 Å². The van der Waals surface area contributed by atoms with Crippen molar-refractivity contribution in [2.45, 2.75) is 13.5 Å². The third-order valence-corrected chi connectivity index (χ3v) is 2.59. The molecule has 2 aromatic rings. The van der Waals surface area contributed by atoms with Gasteiger partial charge < -0.3 is 15.2 Å². The molecule has 2 rings (SSSR count). The van der Waals surface area contributed by atoms with Gasteiger partial charge in [-0.15, -0.1) is 0 Å². The number of aromatic nitrogens is 2. The summed E-state index contributed by atoms with van der Waals surface area (Å²) < 4.78 is 10.8. The fraction of sp³-hybridized carbons (Fsp3) is 0.231. The standard InChI is InChI=1S/C13H15N3O2/c1-9-12(14)15-8-16-13(9)18-7-10-4-3-5-11(6-10)17-2/h3-6,8H,7H2,1-2H3,(H2,14,15,16). The summed E-state index contributed by atoms with van der Waals surface area (Å²) in [6, 6.07) is 7.68. The van der Waals surface area contributed by atoms with E-state index in [-0.39, 0.29) is 0 Å². The van der Waals surface area contributed by atoms with Crippen LogP contribution in [0.4, 0.5) is 5.82 Å². The highest BCUT2D eigenvalue weighted by molar-refractivity contribution is 5.43. The normalized spacial score (nSPS) is 10.1. The first kappa shape index (κ1) is 12.2. The lowest BCUT2D eigenvalue weighted by Gasteiger charge is -2.09. The predicted molar refractivity (Wildman–Crippen MR) is 68.5 cm³/mol. The molecule has 0 aliphatic heterocycles. The monoisotopic (exact) mass is 245 g/mol. The molecular formula is C13H15N3O2. The zero-order valence-corrected chi connectivity index (χ0v) is 10.4. The van der Waals surface area contributed by atoms with Crippen LogP contribution in [0.3, 0.4) is 0 Å². The summed E-state index contributed by atoms with van der Waals surface area (Å²) in [6.07, 6.45) is 1.39. The van der Waals surface area contributed by atoms with Crippen molar-refractivity contribution in [3.8, 4) is 11.6 Å². The molecule has 0 amide bonds. The van der Waals surface area contributed by atoms with Crippen molar-refractivity contribution in [1.82, 2.24) is 9.97 Å². The quantitative estimate of drug-likeness (QED) is 0.891. The zero-order chi connectivity index (χ0) is 13.0. The second-order valence-electron chi connectivity index (χ2n) is 3.83. The maximum absolute atomic E-state index is 5.68. The third kappa shape index (κ3) is 2.68. The van der Waals surface area contributed by atoms with Crippen LogP contribution in [0.15, 0.2) is 30.6 Å². The summed E-state index contributed by atoms with van der Waals surface area (Å²) in [6.45, 7) is 2.24. The van der Waals surface area contributed by atoms with Gasteiger partial charge in [0.05, 0.1) is 12.7 Å². The van der Waals surface area contributed by atoms with E-state index in [0.717, 1.165) is 16.9 Å². The summed E-state index contributed by atoms with van der Waals surface area (Å²) >= 11 is 0. The van der Waals surface area contributed by atoms with E-state index in [9.17, 15) is 0 Å². The molecule has 0 aliphatic carbocycles. The fourth-order valence-electron chi connectivity index (χ4n) is 1.51. The number of hydrogen-bond donors (Lipinski definition) is 1. The van der Waals surface area contributed by atoms with Crippen LogP contribution in [-0.4, -0.2) is 17.1 Å². The van der Waals surface area contributed by atoms with E-state index in [1.54, 1.807) is 7.11 Å². The predicted octanol–water partition coefficient (Wildman–Crippen LogP) is 1.95. The van der Waals surface area contributed by atoms with Crippen LogP contribution in [0.25, 0.3) is 0 Å². The maximum Gasteiger partial charge on any atom is 0.221 e. The van der Waals surface area contributed by atoms with Crippen molar-refractivity contribution >= 4 is 5.82 Å². The van der Waals surface area contributed by atoms with E-state index >= 15 is 0 Å². The summed E-state index contributed by atoms with van der Waals surface area (Å²) in [5, 5.41) is 0. The Hall–Kier alpha value is -2.30. The van der Waals surface area contributed by atoms with Crippen LogP contribution < -0.4 is 15.2 Å². The molecule has 0 unspecified atom stereocenters. The molecular weight excluding hydrogens is 230 g/mol. The van der Waals surface area contributed by atoms with Crippen LogP contribution in [0, 0.1) is 6.92 Å². The van der Waals surface area contributed by atoms with Crippen LogP contribution in [0.2, 0.25) is 0 Å². The number of hydrogen-bond acceptors (Lipinski definition) is 5. The lowest BCUT2D eigenvalue weighted by atomic mass is 10.2. The highest BCUT2D eigenvalue weighted by Crippen LogP contribution is 2.19. The lowest BCUT2D eigenvalue weighted by Crippen LogP contribution is -2.03. The summed E-state index contributed by atoms with van der Waals surface area (Å²) in [4.78, 5) is 7.94. The summed E-state index contributed by atoms with van der Waals surface area (Å²) in [5.41, 5.74) is 7.44. The Balaban J connectivity index is 2.09. The van der Waals surface area contributed by atoms with Gasteiger partial charge in [-0.3, -0.25) is 0 Å². The fourth-order valence-corrected chi connectivity index (χ4v) is 1.51. The Morgan fingerprint density at radius 1 is 1.28 bits per heavy atom. The van der Waals surface area contributed by atoms with Crippen molar-refractivity contribution in [2.75, 3.05) is 12.8 Å². The van der Waals surface area contributed by atoms with Crippen LogP contribution in [0.5, 0.6) is 11.6 Å². The highest BCUT2D eigenvalue weighted by atomic mass is 16.5. The smallest absolute Gasteiger partial charge is 0.221 e. The van der Waals surface area contributed by atoms with E-state index in [4.69, 9.17) is 15.2 Å². The second-order valence-corrected chi connectivity index (χ2v) is 3.83. The number of benzene rings is 1. The first-order valence-corrected chi connectivity index (χ1v) is 5.53. The molecule has 18 heavy (non-hydrogen) atoms. The van der Waals surface area contributed by atoms with E-state index < -0.39 is 0 Å². The van der Waals surface area contributed by atoms with E-state index in [2.05, 4.69) is 9.97 Å². The number of nitrogens with two attached hydrogens (primary N) is 1. The Morgan fingerprint density at radius 2 is 2.11 bits per heavy atom. The molecule has 0 radical (unpaired) electrons. The van der Waals surface area contributed by atoms with E-state index in [1.807, 2.05) is 31.2 Å². The molecule has 0 fully saturated rings. The molecule has 0 saturated heterocycles. The van der Waals surface area contributed by atoms with Gasteiger partial charge in [-0.25, -0.2) is 9.97 Å². The number of methoxy groups -OCH3 is 1. The summed E-state index contributed by atoms with van der Waals surface area (Å²) in [5.74, 6) is 1.74. The van der Waals surface area contributed by atoms with Gasteiger partial charge in [-0.1, -0.05) is 12.1 Å². The van der Waals surface area contributed by atoms with Gasteiger partial charge in [0.15, 0.2) is 0 Å². The SMILES string of the molecule is COc1cccc(COc2ncnc(N)c2C)c1. The van der Waals surface area contributed by atoms with E-state index in [0.29, 0.717) is 18.3 Å². The Morgan fingerprint density at radius 3 is 2.89 bits per heavy atom. The number of rotatable bonds is 4. The molecule has 5 nitrogen and oxygen atoms in total. The molecule has 0 aliphatic rings. The van der Waals surface area contributed by atoms with Crippen molar-refractivity contribution in [1.29, 1.82) is 0 Å². The van der Waals surface area contributed by atoms with Gasteiger partial charge in [-0.05, 0) is 24.6 Å². The van der Waals surface area contributed by atoms with E-state index in [1.165, 1.54) is 6.33 Å². The topological polar surface area (TPSA) is 70.3 Å².